The number of azo groups is 1. The summed E-state index contributed by atoms with van der Waals surface area (Å²) >= 11 is 0. The predicted octanol–water partition coefficient (Wildman–Crippen LogP) is 10.6. The average Bonchev–Trinajstić information content (AvgIpc) is 1.61. The molecule has 4 heterocycles. The largest absolute Gasteiger partial charge is 0.481 e. The lowest BCUT2D eigenvalue weighted by atomic mass is 9.81. The zero-order chi connectivity index (χ0) is 105. The molecule has 9 rings (SSSR count). The lowest BCUT2D eigenvalue weighted by Crippen LogP contribution is -2.48. The number of amides is 7. The summed E-state index contributed by atoms with van der Waals surface area (Å²) in [7, 11) is 2.12. The van der Waals surface area contributed by atoms with Crippen LogP contribution in [0.25, 0.3) is 11.2 Å². The number of aliphatic carboxylic acids is 2. The summed E-state index contributed by atoms with van der Waals surface area (Å²) in [6, 6.07) is 35.4. The Morgan fingerprint density at radius 2 is 0.980 bits per heavy atom. The molecule has 0 aliphatic carbocycles. The number of ether oxygens (including phenoxy) is 13. The number of imidazole rings is 1. The molecule has 0 fully saturated rings. The van der Waals surface area contributed by atoms with Crippen molar-refractivity contribution in [1.29, 1.82) is 0 Å². The van der Waals surface area contributed by atoms with Gasteiger partial charge in [-0.2, -0.15) is 24.8 Å². The highest BCUT2D eigenvalue weighted by molar-refractivity contribution is 6.03. The Hall–Kier alpha value is -12.8. The summed E-state index contributed by atoms with van der Waals surface area (Å²) in [4.78, 5) is 131. The first kappa shape index (κ1) is 118. The third kappa shape index (κ3) is 44.4. The van der Waals surface area contributed by atoms with E-state index in [0.717, 1.165) is 30.5 Å². The Balaban J connectivity index is 0.546. The molecule has 147 heavy (non-hydrogen) atoms. The van der Waals surface area contributed by atoms with Gasteiger partial charge in [-0.05, 0) is 149 Å². The molecule has 7 aromatic rings. The normalized spacial score (nSPS) is 13.9. The standard InChI is InChI=1S/C106H147N17O24/c1-105(2)84-21-11-13-24-88(84)122(5)90(105)26-8-6-9-27-91-106(3,4)85-22-12-14-25-89(85)123(91)47-17-7-10-28-92(124)109-45-16-15-23-87(100(130)112-74-97(129)116-81-38-42-83(43-39-81)121-120-82-40-36-80(37-41-82)115-95(127)31-18-20-79(102(131)132)72-86(107)103(133)134)117-96(128)44-48-135-50-52-137-54-56-139-58-60-141-62-64-143-66-68-145-70-71-146-69-67-144-65-63-142-61-59-140-57-55-138-53-51-136-49-46-110-93(125)29-19-30-94(126)111-73-77-32-34-78(35-33-77)75-147-101-98-99(114-76-113-98)118-104(108)119-101/h6,8-9,11-14,21-22,24-27,32-43,76,79,86-87H,7,10,15-20,23,28-31,44-75,107H2,1-5H3,(H11-,108,109,110,111,112,113,114,115,116,117,118,119,120,121,124,125,126,127,128,129,130,131,132,133,134)/p+1/t79-,86-,87-/m0/s1. The molecular weight excluding hydrogens is 1900 g/mol. The van der Waals surface area contributed by atoms with Crippen molar-refractivity contribution >= 4 is 110 Å². The topological polar surface area (TPSA) is 536 Å². The minimum Gasteiger partial charge on any atom is -0.481 e. The Labute approximate surface area is 858 Å². The Kier molecular flexibility index (Phi) is 53.8. The van der Waals surface area contributed by atoms with Crippen LogP contribution in [0.1, 0.15) is 146 Å². The van der Waals surface area contributed by atoms with Gasteiger partial charge >= 0.3 is 11.9 Å². The number of unbranched alkanes of at least 4 members (excludes halogenated alkanes) is 3. The van der Waals surface area contributed by atoms with Crippen LogP contribution in [0.5, 0.6) is 5.88 Å². The number of likely N-dealkylation sites (N-methyl/N-ethyl adjacent to an activating group) is 1. The highest BCUT2D eigenvalue weighted by atomic mass is 16.6. The minimum atomic E-state index is -1.32. The Bertz CT molecular complexity index is 5350. The molecule has 0 radical (unpaired) electrons. The van der Waals surface area contributed by atoms with E-state index in [2.05, 4.69) is 191 Å². The zero-order valence-corrected chi connectivity index (χ0v) is 85.2. The maximum absolute atomic E-state index is 13.8. The minimum absolute atomic E-state index is 0.0123. The third-order valence-corrected chi connectivity index (χ3v) is 23.9. The van der Waals surface area contributed by atoms with Crippen LogP contribution in [-0.4, -0.2) is 298 Å². The number of fused-ring (bicyclic) bond motifs is 3. The fraction of sp³-hybridized carbons (Fsp3) is 0.519. The lowest BCUT2D eigenvalue weighted by molar-refractivity contribution is -0.438. The number of carboxylic acid groups (broad SMARTS) is 2. The number of benzene rings is 5. The van der Waals surface area contributed by atoms with Crippen LogP contribution in [0.15, 0.2) is 174 Å². The van der Waals surface area contributed by atoms with Crippen molar-refractivity contribution in [1.82, 2.24) is 46.5 Å². The van der Waals surface area contributed by atoms with Gasteiger partial charge in [0.05, 0.1) is 194 Å². The zero-order valence-electron chi connectivity index (χ0n) is 85.2. The number of aromatic nitrogens is 4. The number of rotatable bonds is 78. The van der Waals surface area contributed by atoms with Crippen molar-refractivity contribution < 1.29 is 120 Å². The van der Waals surface area contributed by atoms with Crippen molar-refractivity contribution in [2.75, 3.05) is 213 Å². The van der Waals surface area contributed by atoms with E-state index >= 15 is 0 Å². The number of H-pyrrole nitrogens is 1. The summed E-state index contributed by atoms with van der Waals surface area (Å²) in [5.41, 5.74) is 23.1. The van der Waals surface area contributed by atoms with E-state index in [1.54, 1.807) is 48.5 Å². The van der Waals surface area contributed by atoms with E-state index in [1.165, 1.54) is 40.2 Å². The fourth-order valence-electron chi connectivity index (χ4n) is 16.0. The number of para-hydroxylation sites is 2. The SMILES string of the molecule is CN1\C(=C/C=C/C=C/C2=[N+](CCCCCC(=O)NCCCC[C@H](NC(=O)CCOCCOCCOCCOCCOCCOCCOCCOCCOCCOCCOCCOCCNC(=O)CCCC(=O)NCc3ccc(COc4nc(N)nc5[nH]cnc45)cc3)C(=O)NCC(=O)Nc3ccc(/N=N/c4ccc(NC(=O)CCC[C@@H](C[C@H](N)C(=O)O)C(=O)O)cc4)cc3)c3ccccc3C2(C)C)C(C)(C)c2ccccc21. The first-order chi connectivity index (χ1) is 71.3. The van der Waals surface area contributed by atoms with Gasteiger partial charge < -0.3 is 130 Å². The van der Waals surface area contributed by atoms with Crippen molar-refractivity contribution in [2.24, 2.45) is 21.9 Å². The summed E-state index contributed by atoms with van der Waals surface area (Å²) in [5.74, 6) is -5.33. The van der Waals surface area contributed by atoms with Crippen LogP contribution < -0.4 is 58.3 Å². The van der Waals surface area contributed by atoms with Gasteiger partial charge in [0, 0.05) is 111 Å². The van der Waals surface area contributed by atoms with Crippen LogP contribution in [0.2, 0.25) is 0 Å². The van der Waals surface area contributed by atoms with Crippen molar-refractivity contribution in [3.8, 4) is 5.88 Å². The molecule has 7 amide bonds. The van der Waals surface area contributed by atoms with E-state index in [1.807, 2.05) is 24.3 Å². The average molecular weight is 2040 g/mol. The van der Waals surface area contributed by atoms with Gasteiger partial charge in [-0.1, -0.05) is 92.7 Å². The van der Waals surface area contributed by atoms with Gasteiger partial charge in [0.1, 0.15) is 25.2 Å². The maximum Gasteiger partial charge on any atom is 0.320 e. The van der Waals surface area contributed by atoms with Gasteiger partial charge in [0.15, 0.2) is 16.9 Å². The number of nitrogens with one attached hydrogen (secondary N) is 8. The van der Waals surface area contributed by atoms with Crippen molar-refractivity contribution in [3.63, 3.8) is 0 Å². The fourth-order valence-corrected chi connectivity index (χ4v) is 16.0. The number of carboxylic acids is 2. The molecule has 0 saturated carbocycles. The van der Waals surface area contributed by atoms with E-state index in [-0.39, 0.29) is 124 Å². The van der Waals surface area contributed by atoms with Gasteiger partial charge in [-0.25, -0.2) is 4.98 Å². The number of hydrogen-bond acceptors (Lipinski definition) is 30. The van der Waals surface area contributed by atoms with E-state index in [0.29, 0.717) is 224 Å². The second kappa shape index (κ2) is 67.2. The smallest absolute Gasteiger partial charge is 0.320 e. The van der Waals surface area contributed by atoms with E-state index in [9.17, 15) is 48.3 Å². The molecule has 41 heteroatoms. The molecule has 0 unspecified atom stereocenters. The molecule has 5 aromatic carbocycles. The molecule has 0 saturated heterocycles. The quantitative estimate of drug-likeness (QED) is 0.00729. The van der Waals surface area contributed by atoms with Crippen LogP contribution in [0.3, 0.4) is 0 Å². The molecule has 3 atom stereocenters. The number of anilines is 4. The summed E-state index contributed by atoms with van der Waals surface area (Å²) < 4.78 is 75.3. The number of nitrogen functional groups attached to an aromatic ring is 1. The Morgan fingerprint density at radius 1 is 0.476 bits per heavy atom. The molecule has 2 aromatic heterocycles. The lowest BCUT2D eigenvalue weighted by Gasteiger charge is -2.23. The van der Waals surface area contributed by atoms with Gasteiger partial charge in [-0.15, -0.1) is 0 Å². The highest BCUT2D eigenvalue weighted by Crippen LogP contribution is 2.47. The molecule has 2 aliphatic heterocycles. The van der Waals surface area contributed by atoms with E-state index < -0.39 is 54.2 Å². The number of hydrogen-bond donors (Lipinski definition) is 12. The molecular formula is C106H148N17O24+. The number of nitrogens with two attached hydrogens (primary N) is 2. The summed E-state index contributed by atoms with van der Waals surface area (Å²) in [6.07, 6.45) is 17.2. The predicted molar refractivity (Wildman–Crippen MR) is 553 cm³/mol. The molecule has 41 nitrogen and oxygen atoms in total. The number of allylic oxidation sites excluding steroid dienone is 6. The van der Waals surface area contributed by atoms with Crippen LogP contribution in [0, 0.1) is 5.92 Å². The van der Waals surface area contributed by atoms with Crippen LogP contribution in [-0.2, 0) is 124 Å². The first-order valence-corrected chi connectivity index (χ1v) is 50.4. The van der Waals surface area contributed by atoms with Gasteiger partial charge in [0.2, 0.25) is 58.9 Å². The molecule has 14 N–H and O–H groups in total. The monoisotopic (exact) mass is 2040 g/mol. The van der Waals surface area contributed by atoms with Gasteiger partial charge in [0.25, 0.3) is 0 Å². The summed E-state index contributed by atoms with van der Waals surface area (Å²) in [5, 5.41) is 46.7. The first-order valence-electron chi connectivity index (χ1n) is 50.4. The number of carbonyl (C=O) groups excluding carboxylic acids is 7. The number of carbonyl (C=O) groups is 9. The summed E-state index contributed by atoms with van der Waals surface area (Å²) in [6.45, 7) is 19.6. The van der Waals surface area contributed by atoms with Crippen LogP contribution in [0.4, 0.5) is 40.1 Å². The maximum atomic E-state index is 13.8. The second-order valence-electron chi connectivity index (χ2n) is 35.8. The number of aromatic amines is 1. The molecule has 0 spiro atoms. The van der Waals surface area contributed by atoms with E-state index in [4.69, 9.17) is 78.2 Å². The van der Waals surface area contributed by atoms with Crippen LogP contribution >= 0.6 is 0 Å². The van der Waals surface area contributed by atoms with Gasteiger partial charge in [-0.3, -0.25) is 43.2 Å². The highest BCUT2D eigenvalue weighted by Gasteiger charge is 2.44. The second-order valence-corrected chi connectivity index (χ2v) is 35.8. The van der Waals surface area contributed by atoms with Crippen molar-refractivity contribution in [3.05, 3.63) is 186 Å². The molecule has 2 aliphatic rings. The van der Waals surface area contributed by atoms with Crippen molar-refractivity contribution in [2.45, 2.75) is 160 Å². The number of nitrogens with zero attached hydrogens (tertiary/aromatic N) is 7. The third-order valence-electron chi connectivity index (χ3n) is 23.9. The molecule has 800 valence electrons. The Morgan fingerprint density at radius 3 is 1.54 bits per heavy atom. The molecule has 0 bridgehead atoms.